The lowest BCUT2D eigenvalue weighted by Gasteiger charge is -2.07. The second-order valence-corrected chi connectivity index (χ2v) is 3.90. The van der Waals surface area contributed by atoms with Crippen LogP contribution in [-0.2, 0) is 4.74 Å². The Bertz CT molecular complexity index is 514. The summed E-state index contributed by atoms with van der Waals surface area (Å²) < 4.78 is 10.4. The number of aromatic nitrogens is 2. The number of nitrogens with one attached hydrogen (secondary N) is 1. The highest BCUT2D eigenvalue weighted by molar-refractivity contribution is 5.62. The fourth-order valence-electron chi connectivity index (χ4n) is 1.62. The van der Waals surface area contributed by atoms with Crippen LogP contribution in [0.15, 0.2) is 36.7 Å². The van der Waals surface area contributed by atoms with Crippen molar-refractivity contribution >= 4 is 5.82 Å². The average Bonchev–Trinajstić information content (AvgIpc) is 2.48. The van der Waals surface area contributed by atoms with Crippen LogP contribution in [0.3, 0.4) is 0 Å². The van der Waals surface area contributed by atoms with Crippen molar-refractivity contribution in [2.75, 3.05) is 32.7 Å². The zero-order valence-corrected chi connectivity index (χ0v) is 11.1. The number of nitrogens with zero attached hydrogens (tertiary/aromatic N) is 2. The molecule has 0 bridgehead atoms. The van der Waals surface area contributed by atoms with Crippen LogP contribution in [0.4, 0.5) is 5.82 Å². The van der Waals surface area contributed by atoms with E-state index in [1.807, 2.05) is 37.4 Å². The molecule has 0 aliphatic heterocycles. The third-order valence-corrected chi connectivity index (χ3v) is 2.63. The van der Waals surface area contributed by atoms with Crippen LogP contribution in [0, 0.1) is 0 Å². The van der Waals surface area contributed by atoms with Gasteiger partial charge in [-0.3, -0.25) is 0 Å². The Labute approximate surface area is 112 Å². The molecular formula is C14H17N3O2. The van der Waals surface area contributed by atoms with Crippen LogP contribution in [0.25, 0.3) is 11.3 Å². The van der Waals surface area contributed by atoms with Crippen molar-refractivity contribution in [1.82, 2.24) is 9.97 Å². The van der Waals surface area contributed by atoms with E-state index in [0.717, 1.165) is 22.8 Å². The smallest absolute Gasteiger partial charge is 0.129 e. The van der Waals surface area contributed by atoms with Gasteiger partial charge in [0.25, 0.3) is 0 Å². The number of ether oxygens (including phenoxy) is 2. The van der Waals surface area contributed by atoms with Crippen LogP contribution in [0.2, 0.25) is 0 Å². The van der Waals surface area contributed by atoms with Crippen molar-refractivity contribution in [3.8, 4) is 17.0 Å². The Morgan fingerprint density at radius 1 is 1.11 bits per heavy atom. The number of benzene rings is 1. The molecule has 0 radical (unpaired) electrons. The van der Waals surface area contributed by atoms with Crippen molar-refractivity contribution in [2.45, 2.75) is 0 Å². The van der Waals surface area contributed by atoms with Gasteiger partial charge in [0, 0.05) is 25.8 Å². The maximum Gasteiger partial charge on any atom is 0.129 e. The minimum atomic E-state index is 0.549. The van der Waals surface area contributed by atoms with Gasteiger partial charge in [-0.1, -0.05) is 0 Å². The Balaban J connectivity index is 2.08. The molecule has 1 heterocycles. The van der Waals surface area contributed by atoms with E-state index in [4.69, 9.17) is 9.47 Å². The molecule has 0 atom stereocenters. The lowest BCUT2D eigenvalue weighted by atomic mass is 10.1. The van der Waals surface area contributed by atoms with E-state index in [2.05, 4.69) is 15.3 Å². The number of methoxy groups -OCH3 is 1. The number of hydrogen-bond donors (Lipinski definition) is 1. The molecule has 1 aromatic heterocycles. The zero-order valence-electron chi connectivity index (χ0n) is 11.1. The summed E-state index contributed by atoms with van der Waals surface area (Å²) in [5.74, 6) is 1.62. The third-order valence-electron chi connectivity index (χ3n) is 2.63. The largest absolute Gasteiger partial charge is 0.491 e. The Morgan fingerprint density at radius 2 is 1.89 bits per heavy atom. The van der Waals surface area contributed by atoms with E-state index < -0.39 is 0 Å². The van der Waals surface area contributed by atoms with E-state index in [0.29, 0.717) is 13.2 Å². The molecule has 0 spiro atoms. The normalized spacial score (nSPS) is 10.2. The summed E-state index contributed by atoms with van der Waals surface area (Å²) in [5, 5.41) is 2.99. The monoisotopic (exact) mass is 259 g/mol. The van der Waals surface area contributed by atoms with Gasteiger partial charge in [-0.05, 0) is 24.3 Å². The molecule has 2 aromatic rings. The van der Waals surface area contributed by atoms with E-state index in [1.165, 1.54) is 0 Å². The topological polar surface area (TPSA) is 56.3 Å². The number of rotatable bonds is 6. The van der Waals surface area contributed by atoms with Gasteiger partial charge in [-0.25, -0.2) is 9.97 Å². The molecule has 100 valence electrons. The van der Waals surface area contributed by atoms with Gasteiger partial charge < -0.3 is 14.8 Å². The summed E-state index contributed by atoms with van der Waals surface area (Å²) in [5.41, 5.74) is 1.90. The second-order valence-electron chi connectivity index (χ2n) is 3.90. The Kier molecular flexibility index (Phi) is 4.69. The van der Waals surface area contributed by atoms with Crippen LogP contribution < -0.4 is 10.1 Å². The number of anilines is 1. The molecule has 5 heteroatoms. The van der Waals surface area contributed by atoms with Crippen molar-refractivity contribution in [1.29, 1.82) is 0 Å². The highest BCUT2D eigenvalue weighted by Gasteiger charge is 2.01. The fourth-order valence-corrected chi connectivity index (χ4v) is 1.62. The van der Waals surface area contributed by atoms with Crippen molar-refractivity contribution in [3.05, 3.63) is 36.7 Å². The SMILES string of the molecule is CNc1cc(-c2ccc(OCCOC)cc2)ncn1. The second kappa shape index (κ2) is 6.70. The third kappa shape index (κ3) is 3.66. The molecule has 0 unspecified atom stereocenters. The first-order chi connectivity index (χ1) is 9.33. The maximum atomic E-state index is 5.51. The van der Waals surface area contributed by atoms with Gasteiger partial charge in [0.2, 0.25) is 0 Å². The van der Waals surface area contributed by atoms with Gasteiger partial charge in [-0.15, -0.1) is 0 Å². The first-order valence-corrected chi connectivity index (χ1v) is 6.05. The fraction of sp³-hybridized carbons (Fsp3) is 0.286. The van der Waals surface area contributed by atoms with Crippen molar-refractivity contribution in [3.63, 3.8) is 0 Å². The van der Waals surface area contributed by atoms with Gasteiger partial charge in [0.1, 0.15) is 24.5 Å². The molecule has 5 nitrogen and oxygen atoms in total. The lowest BCUT2D eigenvalue weighted by Crippen LogP contribution is -2.03. The van der Waals surface area contributed by atoms with Crippen LogP contribution in [-0.4, -0.2) is 37.3 Å². The minimum Gasteiger partial charge on any atom is -0.491 e. The summed E-state index contributed by atoms with van der Waals surface area (Å²) in [4.78, 5) is 8.34. The molecule has 0 saturated heterocycles. The zero-order chi connectivity index (χ0) is 13.5. The lowest BCUT2D eigenvalue weighted by molar-refractivity contribution is 0.146. The highest BCUT2D eigenvalue weighted by atomic mass is 16.5. The van der Waals surface area contributed by atoms with Gasteiger partial charge in [0.05, 0.1) is 12.3 Å². The highest BCUT2D eigenvalue weighted by Crippen LogP contribution is 2.21. The van der Waals surface area contributed by atoms with Gasteiger partial charge in [-0.2, -0.15) is 0 Å². The molecule has 1 aromatic carbocycles. The minimum absolute atomic E-state index is 0.549. The first kappa shape index (κ1) is 13.3. The van der Waals surface area contributed by atoms with Crippen LogP contribution in [0.1, 0.15) is 0 Å². The standard InChI is InChI=1S/C14H17N3O2/c1-15-14-9-13(16-10-17-14)11-3-5-12(6-4-11)19-8-7-18-2/h3-6,9-10H,7-8H2,1-2H3,(H,15,16,17). The summed E-state index contributed by atoms with van der Waals surface area (Å²) in [6, 6.07) is 9.70. The molecule has 0 fully saturated rings. The molecule has 2 rings (SSSR count). The van der Waals surface area contributed by atoms with E-state index in [-0.39, 0.29) is 0 Å². The number of hydrogen-bond acceptors (Lipinski definition) is 5. The molecular weight excluding hydrogens is 242 g/mol. The van der Waals surface area contributed by atoms with Crippen molar-refractivity contribution in [2.24, 2.45) is 0 Å². The van der Waals surface area contributed by atoms with Gasteiger partial charge >= 0.3 is 0 Å². The first-order valence-electron chi connectivity index (χ1n) is 6.05. The molecule has 19 heavy (non-hydrogen) atoms. The summed E-state index contributed by atoms with van der Waals surface area (Å²) in [7, 11) is 3.49. The Hall–Kier alpha value is -2.14. The van der Waals surface area contributed by atoms with E-state index >= 15 is 0 Å². The molecule has 0 saturated carbocycles. The molecule has 0 aliphatic carbocycles. The van der Waals surface area contributed by atoms with Crippen LogP contribution in [0.5, 0.6) is 5.75 Å². The summed E-state index contributed by atoms with van der Waals surface area (Å²) in [6.45, 7) is 1.13. The van der Waals surface area contributed by atoms with Gasteiger partial charge in [0.15, 0.2) is 0 Å². The molecule has 0 amide bonds. The maximum absolute atomic E-state index is 5.51. The van der Waals surface area contributed by atoms with Crippen LogP contribution >= 0.6 is 0 Å². The van der Waals surface area contributed by atoms with Crippen molar-refractivity contribution < 1.29 is 9.47 Å². The predicted octanol–water partition coefficient (Wildman–Crippen LogP) is 2.21. The summed E-state index contributed by atoms with van der Waals surface area (Å²) >= 11 is 0. The average molecular weight is 259 g/mol. The Morgan fingerprint density at radius 3 is 2.58 bits per heavy atom. The summed E-state index contributed by atoms with van der Waals surface area (Å²) in [6.07, 6.45) is 1.55. The van der Waals surface area contributed by atoms with E-state index in [1.54, 1.807) is 13.4 Å². The van der Waals surface area contributed by atoms with E-state index in [9.17, 15) is 0 Å². The molecule has 1 N–H and O–H groups in total. The molecule has 0 aliphatic rings. The predicted molar refractivity (Wildman–Crippen MR) is 74.4 cm³/mol. The quantitative estimate of drug-likeness (QED) is 0.806.